The van der Waals surface area contributed by atoms with Gasteiger partial charge in [-0.15, -0.1) is 0 Å². The third-order valence-corrected chi connectivity index (χ3v) is 8.47. The number of hydrogen-bond acceptors (Lipinski definition) is 11. The standard InChI is InChI=1S/C30H32N2O10.CH4/c1-8-11(2)30(39)42-10-16-17-14(22(33)12(3)27(40-6)25(17)36)9-15-20-18-19(23(34)13(4)28(41-7)26(18)37)24(35)21(31(20)5)29(38)32(15)16;/h8-9,16,20-21,33-34,36-37H,10H2,1-7H3;1H4/b11-8-;/t16-,20-,21-;/m0./s1. The number of Topliss-reactive ketones (excluding diaryl/α,β-unsaturated/α-hetero) is 1. The topological polar surface area (TPSA) is 166 Å². The van der Waals surface area contributed by atoms with Gasteiger partial charge in [0.2, 0.25) is 0 Å². The molecule has 43 heavy (non-hydrogen) atoms. The molecule has 0 aliphatic carbocycles. The maximum atomic E-state index is 14.2. The fourth-order valence-electron chi connectivity index (χ4n) is 6.22. The van der Waals surface area contributed by atoms with Crippen LogP contribution >= 0.6 is 0 Å². The van der Waals surface area contributed by atoms with E-state index in [0.717, 1.165) is 0 Å². The molecule has 0 aromatic heterocycles. The van der Waals surface area contributed by atoms with Crippen molar-refractivity contribution in [2.75, 3.05) is 27.9 Å². The lowest BCUT2D eigenvalue weighted by atomic mass is 9.77. The molecule has 3 aliphatic rings. The molecule has 3 atom stereocenters. The second-order valence-electron chi connectivity index (χ2n) is 10.5. The Morgan fingerprint density at radius 3 is 2.05 bits per heavy atom. The van der Waals surface area contributed by atoms with Gasteiger partial charge < -0.3 is 39.5 Å². The number of aromatic hydroxyl groups is 4. The molecule has 1 fully saturated rings. The highest BCUT2D eigenvalue weighted by atomic mass is 16.5. The number of nitrogens with zero attached hydrogens (tertiary/aromatic N) is 2. The van der Waals surface area contributed by atoms with Crippen molar-refractivity contribution in [3.63, 3.8) is 0 Å². The van der Waals surface area contributed by atoms with E-state index in [1.54, 1.807) is 26.8 Å². The van der Waals surface area contributed by atoms with Crippen molar-refractivity contribution in [2.45, 2.75) is 53.2 Å². The maximum absolute atomic E-state index is 14.2. The molecular formula is C31H36N2O10. The third kappa shape index (κ3) is 4.11. The number of phenols is 4. The molecule has 0 saturated carbocycles. The number of esters is 1. The summed E-state index contributed by atoms with van der Waals surface area (Å²) in [5, 5.41) is 45.0. The van der Waals surface area contributed by atoms with E-state index in [2.05, 4.69) is 0 Å². The van der Waals surface area contributed by atoms with Crippen LogP contribution in [0.15, 0.2) is 17.3 Å². The fraction of sp³-hybridized carbons (Fsp3) is 0.387. The Hall–Kier alpha value is -4.71. The number of phenolic OH excluding ortho intramolecular Hbond substituents is 4. The quantitative estimate of drug-likeness (QED) is 0.172. The van der Waals surface area contributed by atoms with Crippen molar-refractivity contribution in [1.29, 1.82) is 0 Å². The van der Waals surface area contributed by atoms with Crippen LogP contribution in [0.25, 0.3) is 6.08 Å². The molecule has 5 rings (SSSR count). The number of benzene rings is 2. The summed E-state index contributed by atoms with van der Waals surface area (Å²) in [4.78, 5) is 43.4. The molecule has 0 spiro atoms. The molecule has 0 radical (unpaired) electrons. The predicted octanol–water partition coefficient (Wildman–Crippen LogP) is 3.76. The third-order valence-electron chi connectivity index (χ3n) is 8.47. The van der Waals surface area contributed by atoms with Gasteiger partial charge >= 0.3 is 5.97 Å². The number of carbonyl (C=O) groups is 3. The highest BCUT2D eigenvalue weighted by Crippen LogP contribution is 2.58. The summed E-state index contributed by atoms with van der Waals surface area (Å²) in [6, 6.07) is -3.61. The largest absolute Gasteiger partial charge is 0.507 e. The van der Waals surface area contributed by atoms with Gasteiger partial charge in [-0.2, -0.15) is 0 Å². The number of likely N-dealkylation sites (N-methyl/N-ethyl adjacent to an activating group) is 1. The van der Waals surface area contributed by atoms with Crippen LogP contribution in [0.5, 0.6) is 34.5 Å². The van der Waals surface area contributed by atoms with Gasteiger partial charge in [-0.1, -0.05) is 13.5 Å². The molecule has 3 heterocycles. The zero-order valence-electron chi connectivity index (χ0n) is 24.2. The minimum Gasteiger partial charge on any atom is -0.507 e. The number of piperazine rings is 1. The van der Waals surface area contributed by atoms with Crippen LogP contribution in [-0.2, 0) is 14.3 Å². The highest BCUT2D eigenvalue weighted by molar-refractivity contribution is 6.18. The van der Waals surface area contributed by atoms with E-state index >= 15 is 0 Å². The van der Waals surface area contributed by atoms with E-state index in [-0.39, 0.29) is 69.5 Å². The number of rotatable bonds is 5. The van der Waals surface area contributed by atoms with Crippen molar-refractivity contribution in [2.24, 2.45) is 0 Å². The Kier molecular flexibility index (Phi) is 7.88. The minimum atomic E-state index is -1.42. The second kappa shape index (κ2) is 10.8. The monoisotopic (exact) mass is 596 g/mol. The SMILES string of the molecule is C.C/C=C(/C)C(=O)OC[C@H]1c2c(O)c(OC)c(C)c(O)c2C=C2[C@H]3c4c(O)c(OC)c(C)c(O)c4C(=O)[C@@H](C(=O)N21)N3C. The van der Waals surface area contributed by atoms with Crippen molar-refractivity contribution >= 4 is 23.7 Å². The zero-order valence-corrected chi connectivity index (χ0v) is 24.2. The molecule has 1 amide bonds. The van der Waals surface area contributed by atoms with Gasteiger partial charge in [-0.25, -0.2) is 4.79 Å². The maximum Gasteiger partial charge on any atom is 0.333 e. The summed E-state index contributed by atoms with van der Waals surface area (Å²) in [6.07, 6.45) is 3.04. The van der Waals surface area contributed by atoms with Crippen LogP contribution in [0.2, 0.25) is 0 Å². The van der Waals surface area contributed by atoms with E-state index in [4.69, 9.17) is 14.2 Å². The molecular weight excluding hydrogens is 560 g/mol. The lowest BCUT2D eigenvalue weighted by molar-refractivity contribution is -0.148. The van der Waals surface area contributed by atoms with Gasteiger partial charge in [0.25, 0.3) is 5.91 Å². The summed E-state index contributed by atoms with van der Waals surface area (Å²) >= 11 is 0. The molecule has 2 bridgehead atoms. The summed E-state index contributed by atoms with van der Waals surface area (Å²) in [7, 11) is 4.16. The van der Waals surface area contributed by atoms with Gasteiger partial charge in [-0.3, -0.25) is 14.5 Å². The first-order valence-corrected chi connectivity index (χ1v) is 13.2. The molecule has 12 nitrogen and oxygen atoms in total. The Morgan fingerprint density at radius 2 is 1.49 bits per heavy atom. The van der Waals surface area contributed by atoms with E-state index in [0.29, 0.717) is 5.57 Å². The van der Waals surface area contributed by atoms with E-state index in [1.807, 2.05) is 0 Å². The van der Waals surface area contributed by atoms with Crippen molar-refractivity contribution in [3.8, 4) is 34.5 Å². The highest BCUT2D eigenvalue weighted by Gasteiger charge is 2.57. The van der Waals surface area contributed by atoms with Crippen molar-refractivity contribution < 1.29 is 49.0 Å². The lowest BCUT2D eigenvalue weighted by Crippen LogP contribution is -2.62. The predicted molar refractivity (Wildman–Crippen MR) is 155 cm³/mol. The van der Waals surface area contributed by atoms with Crippen LogP contribution in [0, 0.1) is 13.8 Å². The fourth-order valence-corrected chi connectivity index (χ4v) is 6.22. The van der Waals surface area contributed by atoms with Crippen molar-refractivity contribution in [1.82, 2.24) is 9.80 Å². The molecule has 0 unspecified atom stereocenters. The molecule has 2 aromatic rings. The number of amides is 1. The van der Waals surface area contributed by atoms with Crippen LogP contribution in [0.4, 0.5) is 0 Å². The van der Waals surface area contributed by atoms with Crippen LogP contribution < -0.4 is 9.47 Å². The van der Waals surface area contributed by atoms with Gasteiger partial charge in [0, 0.05) is 39.1 Å². The number of ether oxygens (including phenoxy) is 3. The first-order chi connectivity index (χ1) is 19.8. The molecule has 230 valence electrons. The first kappa shape index (κ1) is 31.2. The number of ketones is 1. The number of methoxy groups -OCH3 is 2. The van der Waals surface area contributed by atoms with Crippen LogP contribution in [0.3, 0.4) is 0 Å². The average molecular weight is 597 g/mol. The summed E-state index contributed by atoms with van der Waals surface area (Å²) in [5.74, 6) is -3.62. The summed E-state index contributed by atoms with van der Waals surface area (Å²) in [6.45, 7) is 5.80. The van der Waals surface area contributed by atoms with E-state index in [1.165, 1.54) is 44.1 Å². The number of carbonyl (C=O) groups excluding carboxylic acids is 3. The lowest BCUT2D eigenvalue weighted by Gasteiger charge is -2.52. The molecule has 4 N–H and O–H groups in total. The first-order valence-electron chi connectivity index (χ1n) is 13.2. The van der Waals surface area contributed by atoms with E-state index in [9.17, 15) is 34.8 Å². The Labute approximate surface area is 249 Å². The smallest absolute Gasteiger partial charge is 0.333 e. The summed E-state index contributed by atoms with van der Waals surface area (Å²) < 4.78 is 16.3. The summed E-state index contributed by atoms with van der Waals surface area (Å²) in [5.41, 5.74) is 0.885. The molecule has 12 heteroatoms. The van der Waals surface area contributed by atoms with Crippen molar-refractivity contribution in [3.05, 3.63) is 50.7 Å². The Bertz CT molecular complexity index is 1640. The van der Waals surface area contributed by atoms with E-state index < -0.39 is 53.9 Å². The molecule has 1 saturated heterocycles. The van der Waals surface area contributed by atoms with Gasteiger partial charge in [-0.05, 0) is 40.8 Å². The number of hydrogen-bond donors (Lipinski definition) is 4. The van der Waals surface area contributed by atoms with Crippen LogP contribution in [0.1, 0.15) is 71.5 Å². The average Bonchev–Trinajstić information content (AvgIpc) is 2.96. The van der Waals surface area contributed by atoms with Gasteiger partial charge in [0.05, 0.1) is 25.8 Å². The zero-order chi connectivity index (χ0) is 30.9. The van der Waals surface area contributed by atoms with Gasteiger partial charge in [0.15, 0.2) is 34.8 Å². The van der Waals surface area contributed by atoms with Crippen LogP contribution in [-0.4, -0.2) is 81.8 Å². The number of fused-ring (bicyclic) bond motifs is 7. The van der Waals surface area contributed by atoms with Gasteiger partial charge in [0.1, 0.15) is 24.1 Å². The Balaban J connectivity index is 0.00000423. The molecule has 2 aromatic carbocycles. The minimum absolute atomic E-state index is 0. The molecule has 3 aliphatic heterocycles. The Morgan fingerprint density at radius 1 is 0.930 bits per heavy atom. The second-order valence-corrected chi connectivity index (χ2v) is 10.5. The number of allylic oxidation sites excluding steroid dienone is 1. The normalized spacial score (nSPS) is 20.8.